The summed E-state index contributed by atoms with van der Waals surface area (Å²) in [5, 5.41) is 1.06. The van der Waals surface area contributed by atoms with Gasteiger partial charge in [0.05, 0.1) is 0 Å². The van der Waals surface area contributed by atoms with E-state index in [4.69, 9.17) is 23.2 Å². The zero-order chi connectivity index (χ0) is 10.8. The fourth-order valence-electron chi connectivity index (χ4n) is 1.39. The Labute approximate surface area is 97.9 Å². The standard InChI is InChI=1S/C11H8Cl2N2/c1-7-4-8(6-9(12)5-7)10-11(13)15-3-2-14-10/h2-6H,1H3. The van der Waals surface area contributed by atoms with Gasteiger partial charge >= 0.3 is 0 Å². The normalized spacial score (nSPS) is 10.3. The van der Waals surface area contributed by atoms with Crippen LogP contribution in [0.4, 0.5) is 0 Å². The zero-order valence-corrected chi connectivity index (χ0v) is 9.55. The lowest BCUT2D eigenvalue weighted by molar-refractivity contribution is 1.20. The molecule has 0 atom stereocenters. The van der Waals surface area contributed by atoms with E-state index in [1.54, 1.807) is 12.4 Å². The van der Waals surface area contributed by atoms with E-state index >= 15 is 0 Å². The molecule has 1 aromatic carbocycles. The van der Waals surface area contributed by atoms with Gasteiger partial charge in [0.15, 0.2) is 5.15 Å². The quantitative estimate of drug-likeness (QED) is 0.757. The number of rotatable bonds is 1. The molecule has 0 spiro atoms. The summed E-state index contributed by atoms with van der Waals surface area (Å²) in [4.78, 5) is 8.15. The summed E-state index contributed by atoms with van der Waals surface area (Å²) < 4.78 is 0. The van der Waals surface area contributed by atoms with Crippen molar-refractivity contribution in [1.29, 1.82) is 0 Å². The van der Waals surface area contributed by atoms with Gasteiger partial charge < -0.3 is 0 Å². The van der Waals surface area contributed by atoms with Crippen molar-refractivity contribution < 1.29 is 0 Å². The molecule has 4 heteroatoms. The number of nitrogens with zero attached hydrogens (tertiary/aromatic N) is 2. The number of hydrogen-bond donors (Lipinski definition) is 0. The Hall–Kier alpha value is -1.12. The van der Waals surface area contributed by atoms with Crippen LogP contribution in [0.25, 0.3) is 11.3 Å². The van der Waals surface area contributed by atoms with Crippen molar-refractivity contribution in [1.82, 2.24) is 9.97 Å². The second-order valence-corrected chi connectivity index (χ2v) is 4.01. The van der Waals surface area contributed by atoms with Gasteiger partial charge in [-0.15, -0.1) is 0 Å². The van der Waals surface area contributed by atoms with Gasteiger partial charge in [-0.25, -0.2) is 4.98 Å². The molecule has 0 aliphatic rings. The molecule has 0 fully saturated rings. The van der Waals surface area contributed by atoms with E-state index in [2.05, 4.69) is 9.97 Å². The minimum atomic E-state index is 0.388. The Bertz CT molecular complexity index is 477. The largest absolute Gasteiger partial charge is 0.251 e. The first-order valence-corrected chi connectivity index (χ1v) is 5.16. The first-order valence-electron chi connectivity index (χ1n) is 4.41. The van der Waals surface area contributed by atoms with Gasteiger partial charge in [-0.05, 0) is 30.7 Å². The molecular formula is C11H8Cl2N2. The first-order chi connectivity index (χ1) is 7.16. The number of aryl methyl sites for hydroxylation is 1. The molecule has 0 aliphatic heterocycles. The van der Waals surface area contributed by atoms with E-state index in [0.717, 1.165) is 11.1 Å². The predicted molar refractivity (Wildman–Crippen MR) is 62.2 cm³/mol. The predicted octanol–water partition coefficient (Wildman–Crippen LogP) is 3.76. The van der Waals surface area contributed by atoms with Crippen LogP contribution in [0, 0.1) is 6.92 Å². The number of halogens is 2. The highest BCUT2D eigenvalue weighted by Crippen LogP contribution is 2.26. The highest BCUT2D eigenvalue weighted by Gasteiger charge is 2.06. The second kappa shape index (κ2) is 4.17. The molecule has 1 heterocycles. The minimum Gasteiger partial charge on any atom is -0.251 e. The maximum Gasteiger partial charge on any atom is 0.155 e. The molecular weight excluding hydrogens is 231 g/mol. The van der Waals surface area contributed by atoms with Crippen LogP contribution in [-0.2, 0) is 0 Å². The lowest BCUT2D eigenvalue weighted by atomic mass is 10.1. The van der Waals surface area contributed by atoms with Crippen molar-refractivity contribution in [3.63, 3.8) is 0 Å². The molecule has 0 unspecified atom stereocenters. The molecule has 2 rings (SSSR count). The third-order valence-electron chi connectivity index (χ3n) is 1.97. The first kappa shape index (κ1) is 10.4. The Morgan fingerprint density at radius 2 is 1.73 bits per heavy atom. The van der Waals surface area contributed by atoms with E-state index in [1.807, 2.05) is 25.1 Å². The Balaban J connectivity index is 2.59. The third kappa shape index (κ3) is 2.28. The van der Waals surface area contributed by atoms with Crippen LogP contribution in [0.2, 0.25) is 10.2 Å². The van der Waals surface area contributed by atoms with E-state index < -0.39 is 0 Å². The molecule has 0 N–H and O–H groups in total. The third-order valence-corrected chi connectivity index (χ3v) is 2.46. The molecule has 0 radical (unpaired) electrons. The van der Waals surface area contributed by atoms with Crippen molar-refractivity contribution in [2.24, 2.45) is 0 Å². The smallest absolute Gasteiger partial charge is 0.155 e. The van der Waals surface area contributed by atoms with Crippen LogP contribution in [0.15, 0.2) is 30.6 Å². The van der Waals surface area contributed by atoms with Crippen LogP contribution in [0.5, 0.6) is 0 Å². The number of hydrogen-bond acceptors (Lipinski definition) is 2. The molecule has 0 saturated carbocycles. The van der Waals surface area contributed by atoms with E-state index in [-0.39, 0.29) is 0 Å². The van der Waals surface area contributed by atoms with Gasteiger partial charge in [0.1, 0.15) is 5.69 Å². The summed E-state index contributed by atoms with van der Waals surface area (Å²) in [7, 11) is 0. The molecule has 0 bridgehead atoms. The molecule has 0 amide bonds. The van der Waals surface area contributed by atoms with Gasteiger partial charge in [-0.2, -0.15) is 0 Å². The Morgan fingerprint density at radius 3 is 2.40 bits per heavy atom. The summed E-state index contributed by atoms with van der Waals surface area (Å²) in [6.45, 7) is 1.97. The van der Waals surface area contributed by atoms with Crippen LogP contribution in [0.3, 0.4) is 0 Å². The van der Waals surface area contributed by atoms with Crippen LogP contribution in [0.1, 0.15) is 5.56 Å². The van der Waals surface area contributed by atoms with Crippen molar-refractivity contribution in [2.45, 2.75) is 6.92 Å². The second-order valence-electron chi connectivity index (χ2n) is 3.21. The average molecular weight is 239 g/mol. The van der Waals surface area contributed by atoms with Crippen molar-refractivity contribution in [3.8, 4) is 11.3 Å². The Kier molecular flexibility index (Phi) is 2.89. The molecule has 76 valence electrons. The van der Waals surface area contributed by atoms with Crippen molar-refractivity contribution in [2.75, 3.05) is 0 Å². The van der Waals surface area contributed by atoms with Gasteiger partial charge in [0.2, 0.25) is 0 Å². The minimum absolute atomic E-state index is 0.388. The summed E-state index contributed by atoms with van der Waals surface area (Å²) in [5.74, 6) is 0. The number of aromatic nitrogens is 2. The van der Waals surface area contributed by atoms with E-state index in [1.165, 1.54) is 0 Å². The van der Waals surface area contributed by atoms with Crippen molar-refractivity contribution >= 4 is 23.2 Å². The molecule has 2 aromatic rings. The topological polar surface area (TPSA) is 25.8 Å². The van der Waals surface area contributed by atoms with Crippen LogP contribution < -0.4 is 0 Å². The summed E-state index contributed by atoms with van der Waals surface area (Å²) in [5.41, 5.74) is 2.61. The lowest BCUT2D eigenvalue weighted by Crippen LogP contribution is -1.88. The maximum absolute atomic E-state index is 5.96. The summed E-state index contributed by atoms with van der Waals surface area (Å²) in [6.07, 6.45) is 3.17. The zero-order valence-electron chi connectivity index (χ0n) is 8.04. The Morgan fingerprint density at radius 1 is 1.00 bits per heavy atom. The average Bonchev–Trinajstić information content (AvgIpc) is 2.16. The highest BCUT2D eigenvalue weighted by molar-refractivity contribution is 6.32. The fraction of sp³-hybridized carbons (Fsp3) is 0.0909. The SMILES string of the molecule is Cc1cc(Cl)cc(-c2nccnc2Cl)c1. The molecule has 15 heavy (non-hydrogen) atoms. The van der Waals surface area contributed by atoms with E-state index in [0.29, 0.717) is 15.9 Å². The molecule has 2 nitrogen and oxygen atoms in total. The van der Waals surface area contributed by atoms with Crippen LogP contribution in [-0.4, -0.2) is 9.97 Å². The van der Waals surface area contributed by atoms with Crippen LogP contribution >= 0.6 is 23.2 Å². The molecule has 0 saturated heterocycles. The monoisotopic (exact) mass is 238 g/mol. The fourth-order valence-corrected chi connectivity index (χ4v) is 1.89. The highest BCUT2D eigenvalue weighted by atomic mass is 35.5. The van der Waals surface area contributed by atoms with E-state index in [9.17, 15) is 0 Å². The van der Waals surface area contributed by atoms with Gasteiger partial charge in [-0.3, -0.25) is 4.98 Å². The number of benzene rings is 1. The molecule has 0 aliphatic carbocycles. The molecule has 1 aromatic heterocycles. The van der Waals surface area contributed by atoms with Gasteiger partial charge in [0, 0.05) is 23.0 Å². The van der Waals surface area contributed by atoms with Gasteiger partial charge in [-0.1, -0.05) is 23.2 Å². The maximum atomic E-state index is 5.96. The van der Waals surface area contributed by atoms with Gasteiger partial charge in [0.25, 0.3) is 0 Å². The van der Waals surface area contributed by atoms with Crippen molar-refractivity contribution in [3.05, 3.63) is 46.3 Å². The summed E-state index contributed by atoms with van der Waals surface area (Å²) in [6, 6.07) is 5.68. The summed E-state index contributed by atoms with van der Waals surface area (Å²) >= 11 is 11.9. The lowest BCUT2D eigenvalue weighted by Gasteiger charge is -2.04.